The Morgan fingerprint density at radius 3 is 2.61 bits per heavy atom. The summed E-state index contributed by atoms with van der Waals surface area (Å²) in [6, 6.07) is 10.2. The zero-order valence-electron chi connectivity index (χ0n) is 16.8. The summed E-state index contributed by atoms with van der Waals surface area (Å²) in [5.41, 5.74) is 3.68. The normalized spacial score (nSPS) is 20.6. The lowest BCUT2D eigenvalue weighted by molar-refractivity contribution is -0.898. The van der Waals surface area contributed by atoms with Crippen LogP contribution in [0, 0.1) is 12.8 Å². The first kappa shape index (κ1) is 18.8. The lowest BCUT2D eigenvalue weighted by Gasteiger charge is -2.32. The zero-order chi connectivity index (χ0) is 19.5. The number of hydrogen-bond donors (Lipinski definition) is 1. The minimum atomic E-state index is 0.174. The Kier molecular flexibility index (Phi) is 5.53. The van der Waals surface area contributed by atoms with Gasteiger partial charge in [-0.25, -0.2) is 9.97 Å². The van der Waals surface area contributed by atoms with E-state index in [1.165, 1.54) is 6.54 Å². The standard InChI is InChI=1S/C23H28N4O/c1-3-26-11-13-27(14-12-26)23-24-17(2)22-20(25-23)15-19(16-21(22)28)10-9-18-7-5-4-6-8-18/h4-10,19H,3,11-16H2,1-2H3/p+1/b10-9+/t19-/m0/s1. The van der Waals surface area contributed by atoms with Crippen molar-refractivity contribution in [1.82, 2.24) is 9.97 Å². The van der Waals surface area contributed by atoms with Crippen LogP contribution in [0.2, 0.25) is 0 Å². The number of rotatable bonds is 4. The Morgan fingerprint density at radius 2 is 1.89 bits per heavy atom. The average Bonchev–Trinajstić information content (AvgIpc) is 2.72. The Morgan fingerprint density at radius 1 is 1.14 bits per heavy atom. The summed E-state index contributed by atoms with van der Waals surface area (Å²) in [6.07, 6.45) is 5.63. The van der Waals surface area contributed by atoms with E-state index in [9.17, 15) is 4.79 Å². The van der Waals surface area contributed by atoms with Gasteiger partial charge in [0.25, 0.3) is 0 Å². The van der Waals surface area contributed by atoms with E-state index >= 15 is 0 Å². The smallest absolute Gasteiger partial charge is 0.226 e. The second-order valence-corrected chi connectivity index (χ2v) is 7.88. The molecule has 1 aliphatic carbocycles. The molecular weight excluding hydrogens is 348 g/mol. The number of nitrogens with zero attached hydrogens (tertiary/aromatic N) is 3. The molecule has 1 fully saturated rings. The van der Waals surface area contributed by atoms with Gasteiger partial charge in [0.15, 0.2) is 5.78 Å². The van der Waals surface area contributed by atoms with Crippen LogP contribution in [0.3, 0.4) is 0 Å². The van der Waals surface area contributed by atoms with E-state index in [2.05, 4.69) is 36.1 Å². The van der Waals surface area contributed by atoms with Crippen LogP contribution in [0.4, 0.5) is 5.95 Å². The molecule has 2 heterocycles. The number of aryl methyl sites for hydroxylation is 1. The fourth-order valence-corrected chi connectivity index (χ4v) is 4.25. The molecule has 0 unspecified atom stereocenters. The second kappa shape index (κ2) is 8.23. The van der Waals surface area contributed by atoms with Crippen LogP contribution < -0.4 is 9.80 Å². The molecule has 1 aromatic carbocycles. The highest BCUT2D eigenvalue weighted by Crippen LogP contribution is 2.29. The number of nitrogens with one attached hydrogen (secondary N) is 1. The van der Waals surface area contributed by atoms with Gasteiger partial charge in [0.1, 0.15) is 0 Å². The lowest BCUT2D eigenvalue weighted by atomic mass is 9.85. The van der Waals surface area contributed by atoms with Crippen molar-refractivity contribution in [3.05, 3.63) is 58.9 Å². The summed E-state index contributed by atoms with van der Waals surface area (Å²) in [7, 11) is 0. The number of ketones is 1. The summed E-state index contributed by atoms with van der Waals surface area (Å²) in [6.45, 7) is 9.56. The number of benzene rings is 1. The van der Waals surface area contributed by atoms with E-state index in [1.807, 2.05) is 25.1 Å². The molecule has 146 valence electrons. The van der Waals surface area contributed by atoms with Crippen LogP contribution >= 0.6 is 0 Å². The van der Waals surface area contributed by atoms with Crippen molar-refractivity contribution in [2.75, 3.05) is 37.6 Å². The molecule has 0 amide bonds. The quantitative estimate of drug-likeness (QED) is 0.885. The Labute approximate surface area is 167 Å². The van der Waals surface area contributed by atoms with Crippen molar-refractivity contribution in [3.8, 4) is 0 Å². The molecule has 2 aromatic rings. The first-order chi connectivity index (χ1) is 13.6. The van der Waals surface area contributed by atoms with E-state index < -0.39 is 0 Å². The fraction of sp³-hybridized carbons (Fsp3) is 0.435. The van der Waals surface area contributed by atoms with Crippen molar-refractivity contribution < 1.29 is 9.69 Å². The number of allylic oxidation sites excluding steroid dienone is 1. The molecule has 1 saturated heterocycles. The third-order valence-electron chi connectivity index (χ3n) is 5.95. The number of likely N-dealkylation sites (N-methyl/N-ethyl adjacent to an activating group) is 1. The number of piperazine rings is 1. The molecule has 1 N–H and O–H groups in total. The van der Waals surface area contributed by atoms with E-state index in [-0.39, 0.29) is 11.7 Å². The average molecular weight is 378 g/mol. The molecule has 5 heteroatoms. The van der Waals surface area contributed by atoms with Crippen LogP contribution in [0.15, 0.2) is 36.4 Å². The molecular formula is C23H29N4O+. The van der Waals surface area contributed by atoms with Gasteiger partial charge < -0.3 is 9.80 Å². The second-order valence-electron chi connectivity index (χ2n) is 7.88. The van der Waals surface area contributed by atoms with Gasteiger partial charge in [-0.2, -0.15) is 0 Å². The summed E-state index contributed by atoms with van der Waals surface area (Å²) >= 11 is 0. The highest BCUT2D eigenvalue weighted by Gasteiger charge is 2.29. The van der Waals surface area contributed by atoms with Gasteiger partial charge in [-0.1, -0.05) is 42.5 Å². The van der Waals surface area contributed by atoms with Gasteiger partial charge in [-0.15, -0.1) is 0 Å². The number of hydrogen-bond acceptors (Lipinski definition) is 4. The molecule has 1 atom stereocenters. The zero-order valence-corrected chi connectivity index (χ0v) is 16.8. The number of Topliss-reactive ketones (excluding diaryl/α,β-unsaturated/α-hetero) is 1. The van der Waals surface area contributed by atoms with Gasteiger partial charge in [0, 0.05) is 6.42 Å². The summed E-state index contributed by atoms with van der Waals surface area (Å²) in [4.78, 5) is 26.2. The van der Waals surface area contributed by atoms with E-state index in [1.54, 1.807) is 4.90 Å². The Balaban J connectivity index is 1.54. The van der Waals surface area contributed by atoms with Crippen LogP contribution in [-0.2, 0) is 6.42 Å². The number of carbonyl (C=O) groups is 1. The molecule has 4 rings (SSSR count). The predicted molar refractivity (Wildman–Crippen MR) is 112 cm³/mol. The number of anilines is 1. The highest BCUT2D eigenvalue weighted by molar-refractivity contribution is 5.99. The van der Waals surface area contributed by atoms with Gasteiger partial charge in [0.2, 0.25) is 5.95 Å². The van der Waals surface area contributed by atoms with Crippen molar-refractivity contribution >= 4 is 17.8 Å². The van der Waals surface area contributed by atoms with Gasteiger partial charge in [0.05, 0.1) is 49.7 Å². The van der Waals surface area contributed by atoms with Crippen LogP contribution in [0.1, 0.15) is 40.7 Å². The van der Waals surface area contributed by atoms with Crippen LogP contribution in [0.25, 0.3) is 6.08 Å². The number of aromatic nitrogens is 2. The fourth-order valence-electron chi connectivity index (χ4n) is 4.25. The minimum absolute atomic E-state index is 0.174. The third kappa shape index (κ3) is 3.99. The van der Waals surface area contributed by atoms with E-state index in [0.29, 0.717) is 6.42 Å². The lowest BCUT2D eigenvalue weighted by Crippen LogP contribution is -3.14. The SMILES string of the molecule is CC[NH+]1CCN(c2nc(C)c3c(n2)C[C@H](/C=C/c2ccccc2)CC3=O)CC1. The molecule has 1 aliphatic heterocycles. The van der Waals surface area contributed by atoms with Gasteiger partial charge in [-0.3, -0.25) is 4.79 Å². The Bertz CT molecular complexity index is 870. The maximum atomic E-state index is 12.8. The van der Waals surface area contributed by atoms with Crippen molar-refractivity contribution in [2.45, 2.75) is 26.7 Å². The van der Waals surface area contributed by atoms with Crippen LogP contribution in [0.5, 0.6) is 0 Å². The molecule has 0 bridgehead atoms. The van der Waals surface area contributed by atoms with Crippen molar-refractivity contribution in [3.63, 3.8) is 0 Å². The molecule has 1 aromatic heterocycles. The number of quaternary nitrogens is 1. The molecule has 28 heavy (non-hydrogen) atoms. The predicted octanol–water partition coefficient (Wildman–Crippen LogP) is 1.97. The van der Waals surface area contributed by atoms with Gasteiger partial charge >= 0.3 is 0 Å². The third-order valence-corrected chi connectivity index (χ3v) is 5.95. The summed E-state index contributed by atoms with van der Waals surface area (Å²) in [5.74, 6) is 1.17. The van der Waals surface area contributed by atoms with Crippen LogP contribution in [-0.4, -0.2) is 48.5 Å². The maximum Gasteiger partial charge on any atom is 0.226 e. The van der Waals surface area contributed by atoms with E-state index in [4.69, 9.17) is 9.97 Å². The van der Waals surface area contributed by atoms with Crippen molar-refractivity contribution in [2.24, 2.45) is 5.92 Å². The maximum absolute atomic E-state index is 12.8. The molecule has 2 aliphatic rings. The molecule has 0 saturated carbocycles. The Hall–Kier alpha value is -2.53. The summed E-state index contributed by atoms with van der Waals surface area (Å²) < 4.78 is 0. The van der Waals surface area contributed by atoms with Crippen molar-refractivity contribution in [1.29, 1.82) is 0 Å². The molecule has 5 nitrogen and oxygen atoms in total. The first-order valence-corrected chi connectivity index (χ1v) is 10.4. The monoisotopic (exact) mass is 377 g/mol. The largest absolute Gasteiger partial charge is 0.332 e. The molecule has 0 spiro atoms. The van der Waals surface area contributed by atoms with E-state index in [0.717, 1.165) is 61.1 Å². The number of carbonyl (C=O) groups excluding carboxylic acids is 1. The molecule has 0 radical (unpaired) electrons. The highest BCUT2D eigenvalue weighted by atomic mass is 16.1. The minimum Gasteiger partial charge on any atom is -0.332 e. The number of fused-ring (bicyclic) bond motifs is 1. The topological polar surface area (TPSA) is 50.5 Å². The summed E-state index contributed by atoms with van der Waals surface area (Å²) in [5, 5.41) is 0. The van der Waals surface area contributed by atoms with Gasteiger partial charge in [-0.05, 0) is 31.7 Å². The first-order valence-electron chi connectivity index (χ1n) is 10.4.